The predicted octanol–water partition coefficient (Wildman–Crippen LogP) is 1.72. The molecule has 0 unspecified atom stereocenters. The molecule has 0 aromatic heterocycles. The van der Waals surface area contributed by atoms with Crippen LogP contribution in [0.3, 0.4) is 0 Å². The molecule has 9 nitrogen and oxygen atoms in total. The van der Waals surface area contributed by atoms with Gasteiger partial charge in [-0.2, -0.15) is 0 Å². The topological polar surface area (TPSA) is 140 Å². The lowest BCUT2D eigenvalue weighted by Gasteiger charge is -2.09. The van der Waals surface area contributed by atoms with E-state index in [0.29, 0.717) is 23.5 Å². The van der Waals surface area contributed by atoms with Gasteiger partial charge in [-0.3, -0.25) is 9.59 Å². The van der Waals surface area contributed by atoms with Crippen molar-refractivity contribution in [3.05, 3.63) is 59.7 Å². The summed E-state index contributed by atoms with van der Waals surface area (Å²) < 4.78 is 4.96. The van der Waals surface area contributed by atoms with Gasteiger partial charge in [0.2, 0.25) is 0 Å². The number of hydrogen-bond donors (Lipinski definition) is 4. The van der Waals surface area contributed by atoms with E-state index in [9.17, 15) is 19.2 Å². The Labute approximate surface area is 161 Å². The van der Waals surface area contributed by atoms with Gasteiger partial charge in [-0.05, 0) is 49.4 Å². The Morgan fingerprint density at radius 2 is 1.64 bits per heavy atom. The number of hydrogen-bond acceptors (Lipinski definition) is 5. The highest BCUT2D eigenvalue weighted by molar-refractivity contribution is 5.98. The van der Waals surface area contributed by atoms with Crippen LogP contribution in [0.5, 0.6) is 0 Å². The highest BCUT2D eigenvalue weighted by Crippen LogP contribution is 2.12. The van der Waals surface area contributed by atoms with Gasteiger partial charge in [-0.1, -0.05) is 6.07 Å². The van der Waals surface area contributed by atoms with Gasteiger partial charge >= 0.3 is 12.0 Å². The van der Waals surface area contributed by atoms with E-state index in [1.807, 2.05) is 0 Å². The van der Waals surface area contributed by atoms with Gasteiger partial charge in [0.1, 0.15) is 0 Å². The third-order valence-corrected chi connectivity index (χ3v) is 3.47. The number of amides is 4. The first-order chi connectivity index (χ1) is 13.4. The minimum atomic E-state index is -0.719. The highest BCUT2D eigenvalue weighted by Gasteiger charge is 2.12. The molecule has 2 rings (SSSR count). The van der Waals surface area contributed by atoms with Gasteiger partial charge in [-0.15, -0.1) is 0 Å². The Morgan fingerprint density at radius 1 is 0.929 bits per heavy atom. The van der Waals surface area contributed by atoms with Crippen LogP contribution in [0.2, 0.25) is 0 Å². The van der Waals surface area contributed by atoms with Crippen molar-refractivity contribution in [1.29, 1.82) is 0 Å². The molecular formula is C19H20N4O5. The van der Waals surface area contributed by atoms with E-state index in [4.69, 9.17) is 10.5 Å². The van der Waals surface area contributed by atoms with Crippen molar-refractivity contribution in [2.45, 2.75) is 6.92 Å². The van der Waals surface area contributed by atoms with E-state index in [0.717, 1.165) is 0 Å². The molecule has 28 heavy (non-hydrogen) atoms. The summed E-state index contributed by atoms with van der Waals surface area (Å²) in [6.07, 6.45) is 0. The third kappa shape index (κ3) is 6.13. The van der Waals surface area contributed by atoms with Crippen LogP contribution in [0.1, 0.15) is 27.6 Å². The van der Waals surface area contributed by atoms with E-state index in [1.54, 1.807) is 25.1 Å². The van der Waals surface area contributed by atoms with E-state index in [1.165, 1.54) is 30.3 Å². The molecule has 0 aliphatic heterocycles. The van der Waals surface area contributed by atoms with Crippen LogP contribution < -0.4 is 21.7 Å². The Balaban J connectivity index is 1.88. The smallest absolute Gasteiger partial charge is 0.338 e. The summed E-state index contributed by atoms with van der Waals surface area (Å²) in [5.41, 5.74) is 6.45. The quantitative estimate of drug-likeness (QED) is 0.538. The molecule has 4 amide bonds. The molecule has 2 aromatic carbocycles. The van der Waals surface area contributed by atoms with Gasteiger partial charge < -0.3 is 26.4 Å². The van der Waals surface area contributed by atoms with Crippen molar-refractivity contribution in [2.24, 2.45) is 5.73 Å². The van der Waals surface area contributed by atoms with Crippen LogP contribution in [0.15, 0.2) is 48.5 Å². The standard InChI is InChI=1S/C19H20N4O5/c1-2-21-17(25)13-4-3-5-15(10-13)22-16(24)11-28-18(26)12-6-8-14(9-7-12)23-19(20)27/h3-10H,2,11H2,1H3,(H,21,25)(H,22,24)(H3,20,23,27). The Kier molecular flexibility index (Phi) is 7.09. The zero-order valence-electron chi connectivity index (χ0n) is 15.2. The van der Waals surface area contributed by atoms with Crippen LogP contribution in [-0.2, 0) is 9.53 Å². The highest BCUT2D eigenvalue weighted by atomic mass is 16.5. The van der Waals surface area contributed by atoms with Crippen LogP contribution in [0.4, 0.5) is 16.2 Å². The molecule has 0 aliphatic carbocycles. The van der Waals surface area contributed by atoms with Gasteiger partial charge in [0.25, 0.3) is 11.8 Å². The molecular weight excluding hydrogens is 364 g/mol. The number of anilines is 2. The fourth-order valence-electron chi connectivity index (χ4n) is 2.24. The van der Waals surface area contributed by atoms with Crippen molar-refractivity contribution in [2.75, 3.05) is 23.8 Å². The van der Waals surface area contributed by atoms with Gasteiger partial charge in [-0.25, -0.2) is 9.59 Å². The summed E-state index contributed by atoms with van der Waals surface area (Å²) in [6, 6.07) is 11.5. The third-order valence-electron chi connectivity index (χ3n) is 3.47. The zero-order chi connectivity index (χ0) is 20.5. The second kappa shape index (κ2) is 9.72. The Morgan fingerprint density at radius 3 is 2.29 bits per heavy atom. The van der Waals surface area contributed by atoms with Crippen molar-refractivity contribution in [1.82, 2.24) is 5.32 Å². The Bertz CT molecular complexity index is 880. The van der Waals surface area contributed by atoms with Gasteiger partial charge in [0, 0.05) is 23.5 Å². The summed E-state index contributed by atoms with van der Waals surface area (Å²) in [4.78, 5) is 46.5. The largest absolute Gasteiger partial charge is 0.452 e. The van der Waals surface area contributed by atoms with Crippen molar-refractivity contribution in [3.63, 3.8) is 0 Å². The number of primary amides is 1. The number of nitrogens with two attached hydrogens (primary N) is 1. The molecule has 0 fully saturated rings. The van der Waals surface area contributed by atoms with E-state index in [2.05, 4.69) is 16.0 Å². The van der Waals surface area contributed by atoms with Crippen molar-refractivity contribution in [3.8, 4) is 0 Å². The van der Waals surface area contributed by atoms with E-state index >= 15 is 0 Å². The number of ether oxygens (including phenoxy) is 1. The average molecular weight is 384 g/mol. The summed E-state index contributed by atoms with van der Waals surface area (Å²) in [7, 11) is 0. The number of esters is 1. The number of rotatable bonds is 7. The molecule has 0 radical (unpaired) electrons. The second-order valence-electron chi connectivity index (χ2n) is 5.63. The maximum atomic E-state index is 12.0. The molecule has 9 heteroatoms. The molecule has 0 bridgehead atoms. The first-order valence-corrected chi connectivity index (χ1v) is 8.40. The summed E-state index contributed by atoms with van der Waals surface area (Å²) >= 11 is 0. The average Bonchev–Trinajstić information content (AvgIpc) is 2.66. The Hall–Kier alpha value is -3.88. The lowest BCUT2D eigenvalue weighted by Crippen LogP contribution is -2.23. The SMILES string of the molecule is CCNC(=O)c1cccc(NC(=O)COC(=O)c2ccc(NC(N)=O)cc2)c1. The van der Waals surface area contributed by atoms with E-state index < -0.39 is 24.5 Å². The number of urea groups is 1. The maximum Gasteiger partial charge on any atom is 0.338 e. The predicted molar refractivity (Wildman–Crippen MR) is 103 cm³/mol. The number of nitrogens with one attached hydrogen (secondary N) is 3. The summed E-state index contributed by atoms with van der Waals surface area (Å²) in [6.45, 7) is 1.80. The van der Waals surface area contributed by atoms with Crippen LogP contribution in [0.25, 0.3) is 0 Å². The number of carbonyl (C=O) groups is 4. The van der Waals surface area contributed by atoms with Gasteiger partial charge in [0.15, 0.2) is 6.61 Å². The number of benzene rings is 2. The monoisotopic (exact) mass is 384 g/mol. The fourth-order valence-corrected chi connectivity index (χ4v) is 2.24. The molecule has 5 N–H and O–H groups in total. The first kappa shape index (κ1) is 20.4. The lowest BCUT2D eigenvalue weighted by molar-refractivity contribution is -0.119. The summed E-state index contributed by atoms with van der Waals surface area (Å²) in [5.74, 6) is -1.50. The molecule has 0 aliphatic rings. The molecule has 0 heterocycles. The maximum absolute atomic E-state index is 12.0. The van der Waals surface area contributed by atoms with Crippen LogP contribution >= 0.6 is 0 Å². The molecule has 0 spiro atoms. The number of carbonyl (C=O) groups excluding carboxylic acids is 4. The molecule has 0 saturated carbocycles. The van der Waals surface area contributed by atoms with Crippen LogP contribution in [-0.4, -0.2) is 37.0 Å². The lowest BCUT2D eigenvalue weighted by atomic mass is 10.2. The van der Waals surface area contributed by atoms with E-state index in [-0.39, 0.29) is 11.5 Å². The second-order valence-corrected chi connectivity index (χ2v) is 5.63. The summed E-state index contributed by atoms with van der Waals surface area (Å²) in [5, 5.41) is 7.59. The first-order valence-electron chi connectivity index (χ1n) is 8.40. The molecule has 0 saturated heterocycles. The van der Waals surface area contributed by atoms with Crippen molar-refractivity contribution >= 4 is 35.2 Å². The minimum absolute atomic E-state index is 0.209. The normalized spacial score (nSPS) is 9.89. The molecule has 2 aromatic rings. The fraction of sp³-hybridized carbons (Fsp3) is 0.158. The minimum Gasteiger partial charge on any atom is -0.452 e. The zero-order valence-corrected chi connectivity index (χ0v) is 15.2. The van der Waals surface area contributed by atoms with Crippen LogP contribution in [0, 0.1) is 0 Å². The molecule has 146 valence electrons. The molecule has 0 atom stereocenters. The van der Waals surface area contributed by atoms with Gasteiger partial charge in [0.05, 0.1) is 5.56 Å². The van der Waals surface area contributed by atoms with Crippen molar-refractivity contribution < 1.29 is 23.9 Å².